The predicted octanol–water partition coefficient (Wildman–Crippen LogP) is 4.36. The Morgan fingerprint density at radius 3 is 2.63 bits per heavy atom. The Kier molecular flexibility index (Phi) is 6.61. The van der Waals surface area contributed by atoms with Gasteiger partial charge in [-0.1, -0.05) is 35.9 Å². The molecule has 0 aliphatic heterocycles. The van der Waals surface area contributed by atoms with Gasteiger partial charge >= 0.3 is 5.97 Å². The first-order valence-electron chi connectivity index (χ1n) is 8.65. The Morgan fingerprint density at radius 2 is 1.93 bits per heavy atom. The van der Waals surface area contributed by atoms with Crippen LogP contribution in [0.1, 0.15) is 21.7 Å². The minimum Gasteiger partial charge on any atom is -0.466 e. The summed E-state index contributed by atoms with van der Waals surface area (Å²) in [5, 5.41) is 13.7. The van der Waals surface area contributed by atoms with Crippen LogP contribution in [0.5, 0.6) is 0 Å². The van der Waals surface area contributed by atoms with E-state index < -0.39 is 16.8 Å². The molecule has 2 aromatic carbocycles. The number of esters is 1. The third-order valence-corrected chi connectivity index (χ3v) is 4.23. The third kappa shape index (κ3) is 5.33. The van der Waals surface area contributed by atoms with Crippen molar-refractivity contribution in [2.45, 2.75) is 6.61 Å². The molecule has 3 aromatic rings. The lowest BCUT2D eigenvalue weighted by Crippen LogP contribution is -2.28. The number of halogens is 1. The molecule has 0 unspecified atom stereocenters. The average Bonchev–Trinajstić information content (AvgIpc) is 3.25. The van der Waals surface area contributed by atoms with E-state index in [0.29, 0.717) is 11.3 Å². The summed E-state index contributed by atoms with van der Waals surface area (Å²) in [5.74, 6) is -1.07. The van der Waals surface area contributed by atoms with Crippen molar-refractivity contribution in [3.63, 3.8) is 0 Å². The smallest absolute Gasteiger partial charge is 0.355 e. The van der Waals surface area contributed by atoms with Gasteiger partial charge in [-0.2, -0.15) is 0 Å². The molecule has 9 heteroatoms. The van der Waals surface area contributed by atoms with Gasteiger partial charge in [0.1, 0.15) is 18.1 Å². The first kappa shape index (κ1) is 20.8. The molecule has 0 aliphatic rings. The minimum absolute atomic E-state index is 0.153. The quantitative estimate of drug-likeness (QED) is 0.260. The van der Waals surface area contributed by atoms with Gasteiger partial charge < -0.3 is 14.5 Å². The monoisotopic (exact) mass is 426 g/mol. The van der Waals surface area contributed by atoms with Crippen LogP contribution in [0.25, 0.3) is 6.08 Å². The van der Waals surface area contributed by atoms with Crippen molar-refractivity contribution in [1.82, 2.24) is 5.32 Å². The van der Waals surface area contributed by atoms with Gasteiger partial charge in [0.2, 0.25) is 0 Å². The molecular formula is C21H15ClN2O6. The summed E-state index contributed by atoms with van der Waals surface area (Å²) in [4.78, 5) is 35.7. The number of carbonyl (C=O) groups is 2. The van der Waals surface area contributed by atoms with Gasteiger partial charge in [-0.15, -0.1) is 0 Å². The fourth-order valence-electron chi connectivity index (χ4n) is 2.48. The zero-order valence-electron chi connectivity index (χ0n) is 15.4. The lowest BCUT2D eigenvalue weighted by atomic mass is 10.1. The van der Waals surface area contributed by atoms with Crippen molar-refractivity contribution in [3.8, 4) is 0 Å². The molecule has 0 saturated heterocycles. The van der Waals surface area contributed by atoms with E-state index in [9.17, 15) is 19.7 Å². The van der Waals surface area contributed by atoms with E-state index in [2.05, 4.69) is 5.32 Å². The molecular weight excluding hydrogens is 412 g/mol. The van der Waals surface area contributed by atoms with Gasteiger partial charge in [0, 0.05) is 12.1 Å². The van der Waals surface area contributed by atoms with E-state index in [4.69, 9.17) is 20.8 Å². The highest BCUT2D eigenvalue weighted by atomic mass is 35.5. The van der Waals surface area contributed by atoms with Crippen LogP contribution in [0, 0.1) is 10.1 Å². The van der Waals surface area contributed by atoms with Crippen molar-refractivity contribution >= 4 is 35.2 Å². The summed E-state index contributed by atoms with van der Waals surface area (Å²) in [7, 11) is 0. The summed E-state index contributed by atoms with van der Waals surface area (Å²) in [6.45, 7) is -0.153. The molecule has 1 amide bonds. The van der Waals surface area contributed by atoms with Crippen molar-refractivity contribution in [2.24, 2.45) is 0 Å². The van der Waals surface area contributed by atoms with Crippen LogP contribution in [-0.4, -0.2) is 16.8 Å². The first-order chi connectivity index (χ1) is 14.4. The van der Waals surface area contributed by atoms with Gasteiger partial charge in [0.05, 0.1) is 21.8 Å². The zero-order valence-corrected chi connectivity index (χ0v) is 16.2. The lowest BCUT2D eigenvalue weighted by molar-refractivity contribution is -0.384. The van der Waals surface area contributed by atoms with E-state index in [1.165, 1.54) is 42.7 Å². The van der Waals surface area contributed by atoms with Crippen LogP contribution in [-0.2, 0) is 16.1 Å². The van der Waals surface area contributed by atoms with Crippen LogP contribution in [0.15, 0.2) is 77.0 Å². The van der Waals surface area contributed by atoms with E-state index >= 15 is 0 Å². The number of furan rings is 1. The number of nitro benzene ring substituents is 1. The molecule has 1 N–H and O–H groups in total. The summed E-state index contributed by atoms with van der Waals surface area (Å²) >= 11 is 6.04. The molecule has 152 valence electrons. The van der Waals surface area contributed by atoms with E-state index in [1.807, 2.05) is 0 Å². The largest absolute Gasteiger partial charge is 0.466 e. The Bertz CT molecular complexity index is 1110. The number of hydrogen-bond donors (Lipinski definition) is 1. The normalized spacial score (nSPS) is 11.0. The number of hydrogen-bond acceptors (Lipinski definition) is 6. The van der Waals surface area contributed by atoms with Crippen molar-refractivity contribution in [3.05, 3.63) is 105 Å². The maximum atomic E-state index is 12.6. The molecule has 0 bridgehead atoms. The van der Waals surface area contributed by atoms with Crippen molar-refractivity contribution in [2.75, 3.05) is 0 Å². The topological polar surface area (TPSA) is 112 Å². The molecule has 1 heterocycles. The van der Waals surface area contributed by atoms with E-state index in [1.54, 1.807) is 30.3 Å². The first-order valence-corrected chi connectivity index (χ1v) is 9.03. The van der Waals surface area contributed by atoms with Crippen LogP contribution in [0.2, 0.25) is 5.02 Å². The highest BCUT2D eigenvalue weighted by Gasteiger charge is 2.18. The molecule has 8 nitrogen and oxygen atoms in total. The second kappa shape index (κ2) is 9.53. The van der Waals surface area contributed by atoms with Gasteiger partial charge in [0.25, 0.3) is 11.6 Å². The number of nitrogens with one attached hydrogen (secondary N) is 1. The molecule has 0 fully saturated rings. The molecule has 0 aliphatic carbocycles. The second-order valence-corrected chi connectivity index (χ2v) is 6.41. The SMILES string of the molecule is O=C(OCc1ccco1)/C(=C/c1cccc([N+](=O)[O-])c1)NC(=O)c1ccccc1Cl. The molecule has 3 rings (SSSR count). The molecule has 0 saturated carbocycles. The maximum Gasteiger partial charge on any atom is 0.355 e. The number of benzene rings is 2. The van der Waals surface area contributed by atoms with Crippen LogP contribution in [0.4, 0.5) is 5.69 Å². The second-order valence-electron chi connectivity index (χ2n) is 6.00. The Balaban J connectivity index is 1.88. The number of carbonyl (C=O) groups excluding carboxylic acids is 2. The molecule has 0 radical (unpaired) electrons. The van der Waals surface area contributed by atoms with Gasteiger partial charge in [0.15, 0.2) is 0 Å². The van der Waals surface area contributed by atoms with Gasteiger partial charge in [-0.25, -0.2) is 4.79 Å². The number of nitrogens with zero attached hydrogens (tertiary/aromatic N) is 1. The molecule has 30 heavy (non-hydrogen) atoms. The van der Waals surface area contributed by atoms with Gasteiger partial charge in [-0.05, 0) is 35.9 Å². The van der Waals surface area contributed by atoms with Crippen molar-refractivity contribution < 1.29 is 23.7 Å². The summed E-state index contributed by atoms with van der Waals surface area (Å²) < 4.78 is 10.3. The zero-order chi connectivity index (χ0) is 21.5. The summed E-state index contributed by atoms with van der Waals surface area (Å²) in [5.41, 5.74) is 0.105. The number of nitro groups is 1. The van der Waals surface area contributed by atoms with Gasteiger partial charge in [-0.3, -0.25) is 14.9 Å². The summed E-state index contributed by atoms with van der Waals surface area (Å²) in [6, 6.07) is 15.2. The summed E-state index contributed by atoms with van der Waals surface area (Å²) in [6.07, 6.45) is 2.72. The molecule has 0 spiro atoms. The Labute approximate surface area is 175 Å². The third-order valence-electron chi connectivity index (χ3n) is 3.90. The van der Waals surface area contributed by atoms with Crippen LogP contribution >= 0.6 is 11.6 Å². The Hall–Kier alpha value is -3.91. The molecule has 1 aromatic heterocycles. The number of amides is 1. The lowest BCUT2D eigenvalue weighted by Gasteiger charge is -2.11. The Morgan fingerprint density at radius 1 is 1.13 bits per heavy atom. The average molecular weight is 427 g/mol. The standard InChI is InChI=1S/C21H15ClN2O6/c22-18-9-2-1-8-17(18)20(25)23-19(21(26)30-13-16-7-4-10-29-16)12-14-5-3-6-15(11-14)24(27)28/h1-12H,13H2,(H,23,25)/b19-12-. The van der Waals surface area contributed by atoms with Crippen LogP contribution in [0.3, 0.4) is 0 Å². The predicted molar refractivity (Wildman–Crippen MR) is 108 cm³/mol. The van der Waals surface area contributed by atoms with Crippen molar-refractivity contribution in [1.29, 1.82) is 0 Å². The highest BCUT2D eigenvalue weighted by molar-refractivity contribution is 6.34. The fourth-order valence-corrected chi connectivity index (χ4v) is 2.71. The fraction of sp³-hybridized carbons (Fsp3) is 0.0476. The minimum atomic E-state index is -0.849. The van der Waals surface area contributed by atoms with E-state index in [-0.39, 0.29) is 28.6 Å². The van der Waals surface area contributed by atoms with Crippen LogP contribution < -0.4 is 5.32 Å². The highest BCUT2D eigenvalue weighted by Crippen LogP contribution is 2.18. The number of non-ortho nitro benzene ring substituents is 1. The van der Waals surface area contributed by atoms with E-state index in [0.717, 1.165) is 0 Å². The molecule has 0 atom stereocenters. The number of rotatable bonds is 7. The number of ether oxygens (including phenoxy) is 1. The maximum absolute atomic E-state index is 12.6.